The molecule has 0 bridgehead atoms. The van der Waals surface area contributed by atoms with Gasteiger partial charge in [-0.1, -0.05) is 19.1 Å². The quantitative estimate of drug-likeness (QED) is 0.760. The van der Waals surface area contributed by atoms with Gasteiger partial charge in [0.1, 0.15) is 5.82 Å². The molecule has 2 N–H and O–H groups in total. The lowest BCUT2D eigenvalue weighted by Crippen LogP contribution is -2.13. The Hall–Kier alpha value is -0.890. The lowest BCUT2D eigenvalue weighted by molar-refractivity contribution is 0.581. The van der Waals surface area contributed by atoms with Gasteiger partial charge in [0.2, 0.25) is 0 Å². The Bertz CT molecular complexity index is 283. The number of benzene rings is 1. The van der Waals surface area contributed by atoms with Crippen molar-refractivity contribution in [3.8, 4) is 0 Å². The molecule has 0 aliphatic carbocycles. The van der Waals surface area contributed by atoms with Crippen molar-refractivity contribution in [2.45, 2.75) is 20.3 Å². The van der Waals surface area contributed by atoms with E-state index in [1.165, 1.54) is 0 Å². The molecule has 1 aromatic carbocycles. The Labute approximate surface area is 78.8 Å². The fourth-order valence-corrected chi connectivity index (χ4v) is 1.25. The van der Waals surface area contributed by atoms with Crippen LogP contribution in [0.15, 0.2) is 18.2 Å². The predicted molar refractivity (Wildman–Crippen MR) is 53.1 cm³/mol. The molecule has 13 heavy (non-hydrogen) atoms. The van der Waals surface area contributed by atoms with Crippen LogP contribution >= 0.6 is 0 Å². The molecular weight excluding hydrogens is 165 g/mol. The van der Waals surface area contributed by atoms with Crippen LogP contribution in [0.25, 0.3) is 0 Å². The number of aryl methyl sites for hydroxylation is 1. The van der Waals surface area contributed by atoms with E-state index in [0.29, 0.717) is 18.0 Å². The summed E-state index contributed by atoms with van der Waals surface area (Å²) in [5.41, 5.74) is 7.22. The van der Waals surface area contributed by atoms with Crippen LogP contribution in [0, 0.1) is 18.7 Å². The van der Waals surface area contributed by atoms with Crippen molar-refractivity contribution in [1.82, 2.24) is 0 Å². The lowest BCUT2D eigenvalue weighted by atomic mass is 10.0. The van der Waals surface area contributed by atoms with Gasteiger partial charge in [-0.15, -0.1) is 0 Å². The summed E-state index contributed by atoms with van der Waals surface area (Å²) in [6.45, 7) is 4.48. The molecule has 1 nitrogen and oxygen atoms in total. The van der Waals surface area contributed by atoms with E-state index in [2.05, 4.69) is 6.92 Å². The van der Waals surface area contributed by atoms with Gasteiger partial charge in [-0.05, 0) is 43.0 Å². The van der Waals surface area contributed by atoms with Crippen molar-refractivity contribution in [2.24, 2.45) is 11.7 Å². The van der Waals surface area contributed by atoms with Crippen LogP contribution in [0.3, 0.4) is 0 Å². The molecule has 72 valence electrons. The number of hydrogen-bond acceptors (Lipinski definition) is 1. The van der Waals surface area contributed by atoms with Crippen LogP contribution in [-0.4, -0.2) is 6.54 Å². The summed E-state index contributed by atoms with van der Waals surface area (Å²) >= 11 is 0. The molecule has 0 aliphatic rings. The highest BCUT2D eigenvalue weighted by Crippen LogP contribution is 2.12. The van der Waals surface area contributed by atoms with E-state index in [-0.39, 0.29) is 5.82 Å². The maximum Gasteiger partial charge on any atom is 0.126 e. The third kappa shape index (κ3) is 2.81. The molecule has 1 unspecified atom stereocenters. The first-order valence-electron chi connectivity index (χ1n) is 4.58. The zero-order chi connectivity index (χ0) is 9.84. The lowest BCUT2D eigenvalue weighted by Gasteiger charge is -2.08. The average molecular weight is 181 g/mol. The Morgan fingerprint density at radius 2 is 2.15 bits per heavy atom. The van der Waals surface area contributed by atoms with Gasteiger partial charge in [-0.25, -0.2) is 4.39 Å². The van der Waals surface area contributed by atoms with Crippen molar-refractivity contribution in [2.75, 3.05) is 6.54 Å². The first kappa shape index (κ1) is 10.2. The Kier molecular flexibility index (Phi) is 3.43. The largest absolute Gasteiger partial charge is 0.330 e. The summed E-state index contributed by atoms with van der Waals surface area (Å²) in [5.74, 6) is 0.295. The standard InChI is InChI=1S/C11H16FN/c1-8(7-13)5-10-4-3-9(2)11(12)6-10/h3-4,6,8H,5,7,13H2,1-2H3. The zero-order valence-electron chi connectivity index (χ0n) is 8.18. The van der Waals surface area contributed by atoms with Crippen molar-refractivity contribution >= 4 is 0 Å². The summed E-state index contributed by atoms with van der Waals surface area (Å²) < 4.78 is 13.1. The van der Waals surface area contributed by atoms with Gasteiger partial charge in [-0.3, -0.25) is 0 Å². The van der Waals surface area contributed by atoms with E-state index in [4.69, 9.17) is 5.73 Å². The van der Waals surface area contributed by atoms with Gasteiger partial charge in [0.25, 0.3) is 0 Å². The van der Waals surface area contributed by atoms with E-state index >= 15 is 0 Å². The van der Waals surface area contributed by atoms with Gasteiger partial charge >= 0.3 is 0 Å². The van der Waals surface area contributed by atoms with Crippen molar-refractivity contribution < 1.29 is 4.39 Å². The summed E-state index contributed by atoms with van der Waals surface area (Å²) in [5, 5.41) is 0. The molecule has 0 saturated heterocycles. The second kappa shape index (κ2) is 4.38. The van der Waals surface area contributed by atoms with Gasteiger partial charge in [0.05, 0.1) is 0 Å². The maximum atomic E-state index is 13.1. The summed E-state index contributed by atoms with van der Waals surface area (Å²) in [4.78, 5) is 0. The van der Waals surface area contributed by atoms with Crippen LogP contribution in [-0.2, 0) is 6.42 Å². The van der Waals surface area contributed by atoms with Gasteiger partial charge < -0.3 is 5.73 Å². The van der Waals surface area contributed by atoms with Gasteiger partial charge in [0, 0.05) is 0 Å². The molecule has 0 spiro atoms. The normalized spacial score (nSPS) is 12.9. The highest BCUT2D eigenvalue weighted by molar-refractivity contribution is 5.23. The minimum absolute atomic E-state index is 0.123. The van der Waals surface area contributed by atoms with E-state index in [1.54, 1.807) is 13.0 Å². The van der Waals surface area contributed by atoms with Crippen molar-refractivity contribution in [1.29, 1.82) is 0 Å². The minimum atomic E-state index is -0.123. The summed E-state index contributed by atoms with van der Waals surface area (Å²) in [6.07, 6.45) is 0.855. The highest BCUT2D eigenvalue weighted by Gasteiger charge is 2.03. The van der Waals surface area contributed by atoms with Crippen LogP contribution in [0.4, 0.5) is 4.39 Å². The van der Waals surface area contributed by atoms with Crippen LogP contribution in [0.5, 0.6) is 0 Å². The molecule has 2 heteroatoms. The number of nitrogens with two attached hydrogens (primary N) is 1. The van der Waals surface area contributed by atoms with E-state index in [0.717, 1.165) is 12.0 Å². The van der Waals surface area contributed by atoms with Crippen LogP contribution < -0.4 is 5.73 Å². The SMILES string of the molecule is Cc1ccc(CC(C)CN)cc1F. The van der Waals surface area contributed by atoms with Crippen LogP contribution in [0.1, 0.15) is 18.1 Å². The molecule has 0 fully saturated rings. The van der Waals surface area contributed by atoms with E-state index in [1.807, 2.05) is 12.1 Å². The molecule has 0 heterocycles. The highest BCUT2D eigenvalue weighted by atomic mass is 19.1. The van der Waals surface area contributed by atoms with Gasteiger partial charge in [-0.2, -0.15) is 0 Å². The first-order chi connectivity index (χ1) is 6.13. The monoisotopic (exact) mass is 181 g/mol. The molecule has 0 saturated carbocycles. The second-order valence-corrected chi connectivity index (χ2v) is 3.63. The number of rotatable bonds is 3. The second-order valence-electron chi connectivity index (χ2n) is 3.63. The third-order valence-corrected chi connectivity index (χ3v) is 2.22. The zero-order valence-corrected chi connectivity index (χ0v) is 8.18. The molecule has 0 radical (unpaired) electrons. The molecule has 0 amide bonds. The molecule has 1 aromatic rings. The fourth-order valence-electron chi connectivity index (χ4n) is 1.25. The van der Waals surface area contributed by atoms with E-state index < -0.39 is 0 Å². The Morgan fingerprint density at radius 1 is 1.46 bits per heavy atom. The predicted octanol–water partition coefficient (Wildman–Crippen LogP) is 2.27. The summed E-state index contributed by atoms with van der Waals surface area (Å²) in [7, 11) is 0. The topological polar surface area (TPSA) is 26.0 Å². The fraction of sp³-hybridized carbons (Fsp3) is 0.455. The maximum absolute atomic E-state index is 13.1. The average Bonchev–Trinajstić information content (AvgIpc) is 2.11. The smallest absolute Gasteiger partial charge is 0.126 e. The van der Waals surface area contributed by atoms with E-state index in [9.17, 15) is 4.39 Å². The van der Waals surface area contributed by atoms with Crippen LogP contribution in [0.2, 0.25) is 0 Å². The Balaban J connectivity index is 2.73. The molecule has 0 aliphatic heterocycles. The Morgan fingerprint density at radius 3 is 2.69 bits per heavy atom. The third-order valence-electron chi connectivity index (χ3n) is 2.22. The van der Waals surface area contributed by atoms with Crippen molar-refractivity contribution in [3.05, 3.63) is 35.1 Å². The van der Waals surface area contributed by atoms with Crippen molar-refractivity contribution in [3.63, 3.8) is 0 Å². The molecule has 1 atom stereocenters. The number of halogens is 1. The summed E-state index contributed by atoms with van der Waals surface area (Å²) in [6, 6.07) is 5.37. The molecule has 1 rings (SSSR count). The van der Waals surface area contributed by atoms with Gasteiger partial charge in [0.15, 0.2) is 0 Å². The minimum Gasteiger partial charge on any atom is -0.330 e. The molecule has 0 aromatic heterocycles. The first-order valence-corrected chi connectivity index (χ1v) is 4.58. The molecular formula is C11H16FN. The number of hydrogen-bond donors (Lipinski definition) is 1.